The van der Waals surface area contributed by atoms with Crippen LogP contribution in [0.5, 0.6) is 5.75 Å². The number of benzene rings is 2. The summed E-state index contributed by atoms with van der Waals surface area (Å²) in [6, 6.07) is 16.1. The van der Waals surface area contributed by atoms with Gasteiger partial charge >= 0.3 is 6.09 Å². The molecule has 1 atom stereocenters. The highest BCUT2D eigenvalue weighted by Gasteiger charge is 2.26. The number of alkyl carbamates (subject to hydrolysis) is 1. The summed E-state index contributed by atoms with van der Waals surface area (Å²) < 4.78 is 16.9. The monoisotopic (exact) mass is 383 g/mol. The Morgan fingerprint density at radius 3 is 2.64 bits per heavy atom. The first-order valence-corrected chi connectivity index (χ1v) is 9.77. The molecule has 3 rings (SSSR count). The molecule has 0 fully saturated rings. The number of amides is 1. The molecule has 2 aromatic carbocycles. The number of nitrogens with one attached hydrogen (secondary N) is 1. The van der Waals surface area contributed by atoms with Crippen LogP contribution in [-0.2, 0) is 22.5 Å². The summed E-state index contributed by atoms with van der Waals surface area (Å²) in [5.74, 6) is 0.792. The van der Waals surface area contributed by atoms with E-state index >= 15 is 0 Å². The zero-order chi connectivity index (χ0) is 20.0. The van der Waals surface area contributed by atoms with Crippen molar-refractivity contribution in [1.82, 2.24) is 5.32 Å². The minimum atomic E-state index is -0.504. The molecule has 5 nitrogen and oxygen atoms in total. The predicted octanol–water partition coefficient (Wildman–Crippen LogP) is 4.79. The van der Waals surface area contributed by atoms with E-state index in [0.29, 0.717) is 19.8 Å². The van der Waals surface area contributed by atoms with Crippen LogP contribution >= 0.6 is 0 Å². The SMILES string of the molecule is CC(C)(C)OC(=O)N[C@@H]1CCc2ccc(OCCOCc3ccccc3)cc21. The summed E-state index contributed by atoms with van der Waals surface area (Å²) >= 11 is 0. The third kappa shape index (κ3) is 5.99. The van der Waals surface area contributed by atoms with Gasteiger partial charge in [-0.05, 0) is 62.4 Å². The molecule has 150 valence electrons. The van der Waals surface area contributed by atoms with Crippen molar-refractivity contribution < 1.29 is 19.0 Å². The molecular weight excluding hydrogens is 354 g/mol. The van der Waals surface area contributed by atoms with Crippen LogP contribution in [0.25, 0.3) is 0 Å². The third-order valence-corrected chi connectivity index (χ3v) is 4.49. The Bertz CT molecular complexity index is 783. The Morgan fingerprint density at radius 1 is 1.11 bits per heavy atom. The van der Waals surface area contributed by atoms with Crippen LogP contribution in [0.3, 0.4) is 0 Å². The van der Waals surface area contributed by atoms with Crippen LogP contribution < -0.4 is 10.1 Å². The van der Waals surface area contributed by atoms with E-state index in [4.69, 9.17) is 14.2 Å². The van der Waals surface area contributed by atoms with Gasteiger partial charge in [-0.1, -0.05) is 36.4 Å². The molecule has 1 aliphatic rings. The standard InChI is InChI=1S/C23H29NO4/c1-23(2,3)28-22(25)24-21-12-10-18-9-11-19(15-20(18)21)27-14-13-26-16-17-7-5-4-6-8-17/h4-9,11,15,21H,10,12-14,16H2,1-3H3,(H,24,25)/t21-/m1/s1. The molecule has 1 amide bonds. The van der Waals surface area contributed by atoms with Crippen molar-refractivity contribution in [3.63, 3.8) is 0 Å². The molecule has 28 heavy (non-hydrogen) atoms. The first-order chi connectivity index (χ1) is 13.4. The Labute approximate surface area is 167 Å². The van der Waals surface area contributed by atoms with Gasteiger partial charge in [-0.15, -0.1) is 0 Å². The van der Waals surface area contributed by atoms with Crippen molar-refractivity contribution in [2.75, 3.05) is 13.2 Å². The Balaban J connectivity index is 1.48. The van der Waals surface area contributed by atoms with Crippen LogP contribution in [0.1, 0.15) is 49.9 Å². The topological polar surface area (TPSA) is 56.8 Å². The lowest BCUT2D eigenvalue weighted by atomic mass is 10.1. The van der Waals surface area contributed by atoms with Crippen molar-refractivity contribution in [2.45, 2.75) is 51.9 Å². The first-order valence-electron chi connectivity index (χ1n) is 9.77. The van der Waals surface area contributed by atoms with Crippen molar-refractivity contribution in [1.29, 1.82) is 0 Å². The Hall–Kier alpha value is -2.53. The second-order valence-corrected chi connectivity index (χ2v) is 7.98. The minimum absolute atomic E-state index is 0.0391. The molecule has 0 spiro atoms. The molecule has 2 aromatic rings. The highest BCUT2D eigenvalue weighted by atomic mass is 16.6. The fourth-order valence-corrected chi connectivity index (χ4v) is 3.25. The van der Waals surface area contributed by atoms with Gasteiger partial charge in [0.25, 0.3) is 0 Å². The summed E-state index contributed by atoms with van der Waals surface area (Å²) in [4.78, 5) is 12.1. The quantitative estimate of drug-likeness (QED) is 0.698. The van der Waals surface area contributed by atoms with Gasteiger partial charge in [0, 0.05) is 0 Å². The highest BCUT2D eigenvalue weighted by molar-refractivity contribution is 5.68. The molecular formula is C23H29NO4. The maximum absolute atomic E-state index is 12.1. The number of carbonyl (C=O) groups excluding carboxylic acids is 1. The molecule has 0 heterocycles. The molecule has 5 heteroatoms. The van der Waals surface area contributed by atoms with Gasteiger partial charge in [-0.25, -0.2) is 4.79 Å². The number of rotatable bonds is 7. The number of hydrogen-bond acceptors (Lipinski definition) is 4. The van der Waals surface area contributed by atoms with E-state index in [0.717, 1.165) is 29.7 Å². The van der Waals surface area contributed by atoms with Crippen LogP contribution in [0, 0.1) is 0 Å². The highest BCUT2D eigenvalue weighted by Crippen LogP contribution is 2.34. The molecule has 0 unspecified atom stereocenters. The Morgan fingerprint density at radius 2 is 1.89 bits per heavy atom. The van der Waals surface area contributed by atoms with Gasteiger partial charge in [0.15, 0.2) is 0 Å². The van der Waals surface area contributed by atoms with Crippen LogP contribution in [-0.4, -0.2) is 24.9 Å². The van der Waals surface area contributed by atoms with E-state index in [2.05, 4.69) is 11.4 Å². The average Bonchev–Trinajstić information content (AvgIpc) is 3.03. The second kappa shape index (κ2) is 9.11. The van der Waals surface area contributed by atoms with Gasteiger partial charge in [0.2, 0.25) is 0 Å². The van der Waals surface area contributed by atoms with Crippen LogP contribution in [0.15, 0.2) is 48.5 Å². The molecule has 0 aliphatic heterocycles. The normalized spacial score (nSPS) is 15.8. The zero-order valence-electron chi connectivity index (χ0n) is 16.9. The van der Waals surface area contributed by atoms with Gasteiger partial charge in [0.05, 0.1) is 19.3 Å². The van der Waals surface area contributed by atoms with Gasteiger partial charge in [0.1, 0.15) is 18.0 Å². The number of hydrogen-bond donors (Lipinski definition) is 1. The van der Waals surface area contributed by atoms with E-state index in [-0.39, 0.29) is 12.1 Å². The van der Waals surface area contributed by atoms with E-state index in [1.54, 1.807) is 0 Å². The summed E-state index contributed by atoms with van der Waals surface area (Å²) in [6.07, 6.45) is 1.43. The molecule has 0 radical (unpaired) electrons. The lowest BCUT2D eigenvalue weighted by Crippen LogP contribution is -2.34. The molecule has 0 saturated carbocycles. The van der Waals surface area contributed by atoms with Gasteiger partial charge in [-0.2, -0.15) is 0 Å². The van der Waals surface area contributed by atoms with Crippen molar-refractivity contribution in [3.05, 3.63) is 65.2 Å². The van der Waals surface area contributed by atoms with E-state index in [1.807, 2.05) is 63.2 Å². The fraction of sp³-hybridized carbons (Fsp3) is 0.435. The molecule has 0 bridgehead atoms. The van der Waals surface area contributed by atoms with Gasteiger partial charge in [-0.3, -0.25) is 0 Å². The lowest BCUT2D eigenvalue weighted by molar-refractivity contribution is 0.0503. The number of fused-ring (bicyclic) bond motifs is 1. The summed E-state index contributed by atoms with van der Waals surface area (Å²) in [7, 11) is 0. The zero-order valence-corrected chi connectivity index (χ0v) is 16.9. The maximum atomic E-state index is 12.1. The van der Waals surface area contributed by atoms with Gasteiger partial charge < -0.3 is 19.5 Å². The van der Waals surface area contributed by atoms with E-state index < -0.39 is 5.60 Å². The fourth-order valence-electron chi connectivity index (χ4n) is 3.25. The molecule has 0 aromatic heterocycles. The second-order valence-electron chi connectivity index (χ2n) is 7.98. The number of aryl methyl sites for hydroxylation is 1. The van der Waals surface area contributed by atoms with Crippen molar-refractivity contribution in [2.24, 2.45) is 0 Å². The third-order valence-electron chi connectivity index (χ3n) is 4.49. The number of ether oxygens (including phenoxy) is 3. The van der Waals surface area contributed by atoms with Crippen molar-refractivity contribution in [3.8, 4) is 5.75 Å². The van der Waals surface area contributed by atoms with E-state index in [1.165, 1.54) is 5.56 Å². The minimum Gasteiger partial charge on any atom is -0.491 e. The first kappa shape index (κ1) is 20.2. The summed E-state index contributed by atoms with van der Waals surface area (Å²) in [6.45, 7) is 7.17. The average molecular weight is 383 g/mol. The largest absolute Gasteiger partial charge is 0.491 e. The smallest absolute Gasteiger partial charge is 0.408 e. The van der Waals surface area contributed by atoms with E-state index in [9.17, 15) is 4.79 Å². The lowest BCUT2D eigenvalue weighted by Gasteiger charge is -2.22. The van der Waals surface area contributed by atoms with Crippen LogP contribution in [0.2, 0.25) is 0 Å². The molecule has 1 aliphatic carbocycles. The maximum Gasteiger partial charge on any atom is 0.408 e. The predicted molar refractivity (Wildman–Crippen MR) is 108 cm³/mol. The molecule has 0 saturated heterocycles. The Kier molecular flexibility index (Phi) is 6.57. The summed E-state index contributed by atoms with van der Waals surface area (Å²) in [5, 5.41) is 2.97. The number of carbonyl (C=O) groups is 1. The molecule has 1 N–H and O–H groups in total. The summed E-state index contributed by atoms with van der Waals surface area (Å²) in [5.41, 5.74) is 2.99. The van der Waals surface area contributed by atoms with Crippen molar-refractivity contribution >= 4 is 6.09 Å². The van der Waals surface area contributed by atoms with Crippen LogP contribution in [0.4, 0.5) is 4.79 Å².